The van der Waals surface area contributed by atoms with E-state index in [2.05, 4.69) is 4.98 Å². The largest absolute Gasteiger partial charge is 0.453 e. The van der Waals surface area contributed by atoms with Crippen LogP contribution in [0.3, 0.4) is 0 Å². The van der Waals surface area contributed by atoms with E-state index in [-0.39, 0.29) is 5.78 Å². The van der Waals surface area contributed by atoms with Gasteiger partial charge in [0.25, 0.3) is 0 Å². The first-order valence-corrected chi connectivity index (χ1v) is 7.24. The molecule has 3 rings (SSSR count). The minimum atomic E-state index is -0.0149. The van der Waals surface area contributed by atoms with Gasteiger partial charge in [0.1, 0.15) is 5.58 Å². The topological polar surface area (TPSA) is 46.3 Å². The number of furan rings is 1. The van der Waals surface area contributed by atoms with Crippen molar-refractivity contribution < 1.29 is 9.21 Å². The molecule has 5 heteroatoms. The molecular formula is C15H14N2O2S. The first kappa shape index (κ1) is 13.0. The van der Waals surface area contributed by atoms with Crippen molar-refractivity contribution >= 4 is 28.1 Å². The summed E-state index contributed by atoms with van der Waals surface area (Å²) in [6.07, 6.45) is 0. The summed E-state index contributed by atoms with van der Waals surface area (Å²) in [6, 6.07) is 9.43. The van der Waals surface area contributed by atoms with E-state index in [0.29, 0.717) is 18.8 Å². The number of para-hydroxylation sites is 1. The van der Waals surface area contributed by atoms with Gasteiger partial charge >= 0.3 is 0 Å². The molecule has 2 aromatic heterocycles. The maximum atomic E-state index is 12.2. The number of likely N-dealkylation sites (N-methyl/N-ethyl adjacent to an activating group) is 1. The average Bonchev–Trinajstić information content (AvgIpc) is 3.06. The molecular weight excluding hydrogens is 272 g/mol. The molecule has 0 unspecified atom stereocenters. The number of hydrogen-bond acceptors (Lipinski definition) is 5. The third-order valence-corrected chi connectivity index (χ3v) is 3.66. The van der Waals surface area contributed by atoms with Gasteiger partial charge in [0.15, 0.2) is 5.76 Å². The Morgan fingerprint density at radius 2 is 2.25 bits per heavy atom. The van der Waals surface area contributed by atoms with Gasteiger partial charge in [0, 0.05) is 17.3 Å². The molecule has 0 aliphatic rings. The van der Waals surface area contributed by atoms with E-state index >= 15 is 0 Å². The molecule has 4 nitrogen and oxygen atoms in total. The van der Waals surface area contributed by atoms with Gasteiger partial charge in [0.05, 0.1) is 17.7 Å². The third-order valence-electron chi connectivity index (χ3n) is 3.03. The Labute approximate surface area is 120 Å². The lowest BCUT2D eigenvalue weighted by molar-refractivity contribution is 0.0917. The zero-order valence-electron chi connectivity index (χ0n) is 11.1. The fourth-order valence-corrected chi connectivity index (χ4v) is 2.64. The number of nitrogens with zero attached hydrogens (tertiary/aromatic N) is 2. The highest BCUT2D eigenvalue weighted by Crippen LogP contribution is 2.19. The number of aromatic nitrogens is 1. The molecule has 0 aliphatic heterocycles. The lowest BCUT2D eigenvalue weighted by Crippen LogP contribution is -2.25. The Balaban J connectivity index is 1.69. The Morgan fingerprint density at radius 1 is 1.40 bits per heavy atom. The number of rotatable bonds is 5. The van der Waals surface area contributed by atoms with Crippen molar-refractivity contribution in [3.8, 4) is 0 Å². The zero-order chi connectivity index (χ0) is 13.9. The molecule has 0 aliphatic carbocycles. The maximum absolute atomic E-state index is 12.2. The molecule has 3 aromatic rings. The molecule has 102 valence electrons. The number of fused-ring (bicyclic) bond motifs is 1. The summed E-state index contributed by atoms with van der Waals surface area (Å²) in [4.78, 5) is 18.3. The van der Waals surface area contributed by atoms with E-state index in [9.17, 15) is 4.79 Å². The lowest BCUT2D eigenvalue weighted by Gasteiger charge is -2.12. The average molecular weight is 286 g/mol. The second-order valence-corrected chi connectivity index (χ2v) is 5.44. The second kappa shape index (κ2) is 5.56. The molecule has 0 radical (unpaired) electrons. The molecule has 0 amide bonds. The number of hydrogen-bond donors (Lipinski definition) is 0. The predicted molar refractivity (Wildman–Crippen MR) is 79.0 cm³/mol. The van der Waals surface area contributed by atoms with Gasteiger partial charge in [0.2, 0.25) is 5.78 Å². The van der Waals surface area contributed by atoms with Gasteiger partial charge in [-0.05, 0) is 19.2 Å². The monoisotopic (exact) mass is 286 g/mol. The van der Waals surface area contributed by atoms with Crippen molar-refractivity contribution in [3.63, 3.8) is 0 Å². The minimum Gasteiger partial charge on any atom is -0.453 e. The zero-order valence-corrected chi connectivity index (χ0v) is 11.9. The van der Waals surface area contributed by atoms with Crippen LogP contribution in [-0.2, 0) is 6.54 Å². The smallest absolute Gasteiger partial charge is 0.211 e. The number of carbonyl (C=O) groups is 1. The van der Waals surface area contributed by atoms with Crippen LogP contribution in [-0.4, -0.2) is 29.3 Å². The Morgan fingerprint density at radius 3 is 3.00 bits per heavy atom. The first-order valence-electron chi connectivity index (χ1n) is 6.30. The van der Waals surface area contributed by atoms with Crippen molar-refractivity contribution in [3.05, 3.63) is 52.7 Å². The van der Waals surface area contributed by atoms with E-state index in [1.165, 1.54) is 0 Å². The van der Waals surface area contributed by atoms with E-state index in [0.717, 1.165) is 16.7 Å². The van der Waals surface area contributed by atoms with Gasteiger partial charge in [-0.3, -0.25) is 9.69 Å². The SMILES string of the molecule is CN(CC(=O)c1cc2ccccc2o1)Cc1cscn1. The number of ketones is 1. The third kappa shape index (κ3) is 2.79. The Hall–Kier alpha value is -1.98. The molecule has 0 N–H and O–H groups in total. The fraction of sp³-hybridized carbons (Fsp3) is 0.200. The van der Waals surface area contributed by atoms with E-state index in [1.54, 1.807) is 22.9 Å². The Bertz CT molecular complexity index is 685. The molecule has 0 fully saturated rings. The number of thiazole rings is 1. The summed E-state index contributed by atoms with van der Waals surface area (Å²) in [5.74, 6) is 0.398. The highest BCUT2D eigenvalue weighted by Gasteiger charge is 2.14. The molecule has 2 heterocycles. The van der Waals surface area contributed by atoms with Crippen LogP contribution in [0.4, 0.5) is 0 Å². The van der Waals surface area contributed by atoms with Crippen LogP contribution < -0.4 is 0 Å². The summed E-state index contributed by atoms with van der Waals surface area (Å²) in [5, 5.41) is 2.94. The molecule has 0 bridgehead atoms. The summed E-state index contributed by atoms with van der Waals surface area (Å²) >= 11 is 1.56. The minimum absolute atomic E-state index is 0.0149. The van der Waals surface area contributed by atoms with Crippen molar-refractivity contribution in [2.24, 2.45) is 0 Å². The van der Waals surface area contributed by atoms with E-state index < -0.39 is 0 Å². The van der Waals surface area contributed by atoms with Crippen LogP contribution in [0.1, 0.15) is 16.2 Å². The normalized spacial score (nSPS) is 11.3. The van der Waals surface area contributed by atoms with Crippen molar-refractivity contribution in [1.82, 2.24) is 9.88 Å². The summed E-state index contributed by atoms with van der Waals surface area (Å²) < 4.78 is 5.58. The van der Waals surface area contributed by atoms with E-state index in [4.69, 9.17) is 4.42 Å². The van der Waals surface area contributed by atoms with Gasteiger partial charge in [-0.25, -0.2) is 4.98 Å². The number of Topliss-reactive ketones (excluding diaryl/α,β-unsaturated/α-hetero) is 1. The van der Waals surface area contributed by atoms with Crippen molar-refractivity contribution in [1.29, 1.82) is 0 Å². The molecule has 0 saturated carbocycles. The predicted octanol–water partition coefficient (Wildman–Crippen LogP) is 3.20. The molecule has 0 spiro atoms. The van der Waals surface area contributed by atoms with Gasteiger partial charge in [-0.15, -0.1) is 11.3 Å². The van der Waals surface area contributed by atoms with Crippen LogP contribution in [0.15, 0.2) is 45.6 Å². The number of benzene rings is 1. The number of carbonyl (C=O) groups excluding carboxylic acids is 1. The first-order chi connectivity index (χ1) is 9.72. The van der Waals surface area contributed by atoms with Gasteiger partial charge in [-0.1, -0.05) is 18.2 Å². The quantitative estimate of drug-likeness (QED) is 0.676. The maximum Gasteiger partial charge on any atom is 0.211 e. The van der Waals surface area contributed by atoms with Gasteiger partial charge < -0.3 is 4.42 Å². The van der Waals surface area contributed by atoms with Crippen molar-refractivity contribution in [2.75, 3.05) is 13.6 Å². The molecule has 20 heavy (non-hydrogen) atoms. The van der Waals surface area contributed by atoms with E-state index in [1.807, 2.05) is 41.6 Å². The fourth-order valence-electron chi connectivity index (χ4n) is 2.09. The standard InChI is InChI=1S/C15H14N2O2S/c1-17(7-12-9-20-10-16-12)8-13(18)15-6-11-4-2-3-5-14(11)19-15/h2-6,9-10H,7-8H2,1H3. The van der Waals surface area contributed by atoms with Crippen LogP contribution in [0.25, 0.3) is 11.0 Å². The molecule has 0 atom stereocenters. The Kier molecular flexibility index (Phi) is 3.62. The highest BCUT2D eigenvalue weighted by atomic mass is 32.1. The lowest BCUT2D eigenvalue weighted by atomic mass is 10.2. The molecule has 0 saturated heterocycles. The van der Waals surface area contributed by atoms with Crippen LogP contribution in [0, 0.1) is 0 Å². The van der Waals surface area contributed by atoms with Crippen LogP contribution >= 0.6 is 11.3 Å². The van der Waals surface area contributed by atoms with Crippen LogP contribution in [0.5, 0.6) is 0 Å². The summed E-state index contributed by atoms with van der Waals surface area (Å²) in [6.45, 7) is 0.979. The van der Waals surface area contributed by atoms with Crippen LogP contribution in [0.2, 0.25) is 0 Å². The molecule has 1 aromatic carbocycles. The summed E-state index contributed by atoms with van der Waals surface area (Å²) in [7, 11) is 1.90. The van der Waals surface area contributed by atoms with Crippen molar-refractivity contribution in [2.45, 2.75) is 6.54 Å². The highest BCUT2D eigenvalue weighted by molar-refractivity contribution is 7.07. The second-order valence-electron chi connectivity index (χ2n) is 4.72. The van der Waals surface area contributed by atoms with Gasteiger partial charge in [-0.2, -0.15) is 0 Å². The summed E-state index contributed by atoms with van der Waals surface area (Å²) in [5.41, 5.74) is 3.53.